The summed E-state index contributed by atoms with van der Waals surface area (Å²) in [7, 11) is -3.57. The van der Waals surface area contributed by atoms with Crippen molar-refractivity contribution in [1.82, 2.24) is 9.29 Å². The topological polar surface area (TPSA) is 88.6 Å². The Kier molecular flexibility index (Phi) is 7.16. The fourth-order valence-corrected chi connectivity index (χ4v) is 7.31. The monoisotopic (exact) mass is 511 g/mol. The van der Waals surface area contributed by atoms with E-state index in [9.17, 15) is 13.2 Å². The SMILES string of the molecule is CCOc1ccc(-c2csc(NC(=O)C3CCN(S(=O)(=O)c4ccc(Cl)s4)CC3)n2)cc1. The predicted molar refractivity (Wildman–Crippen MR) is 128 cm³/mol. The zero-order chi connectivity index (χ0) is 22.7. The number of thiophene rings is 1. The lowest BCUT2D eigenvalue weighted by molar-refractivity contribution is -0.120. The van der Waals surface area contributed by atoms with E-state index in [1.807, 2.05) is 36.6 Å². The molecule has 0 unspecified atom stereocenters. The van der Waals surface area contributed by atoms with Gasteiger partial charge in [0.05, 0.1) is 16.6 Å². The highest BCUT2D eigenvalue weighted by Crippen LogP contribution is 2.31. The van der Waals surface area contributed by atoms with E-state index in [0.29, 0.717) is 42.0 Å². The number of nitrogens with zero attached hydrogens (tertiary/aromatic N) is 2. The van der Waals surface area contributed by atoms with Gasteiger partial charge in [-0.1, -0.05) is 11.6 Å². The molecule has 0 saturated carbocycles. The van der Waals surface area contributed by atoms with Gasteiger partial charge in [0.25, 0.3) is 10.0 Å². The van der Waals surface area contributed by atoms with Gasteiger partial charge in [0.2, 0.25) is 5.91 Å². The maximum absolute atomic E-state index is 12.7. The summed E-state index contributed by atoms with van der Waals surface area (Å²) in [4.78, 5) is 17.2. The summed E-state index contributed by atoms with van der Waals surface area (Å²) < 4.78 is 33.0. The van der Waals surface area contributed by atoms with E-state index in [1.165, 1.54) is 21.7 Å². The lowest BCUT2D eigenvalue weighted by atomic mass is 9.97. The van der Waals surface area contributed by atoms with E-state index in [-0.39, 0.29) is 16.0 Å². The quantitative estimate of drug-likeness (QED) is 0.484. The molecule has 0 radical (unpaired) electrons. The zero-order valence-electron chi connectivity index (χ0n) is 17.3. The minimum Gasteiger partial charge on any atom is -0.494 e. The Morgan fingerprint density at radius 2 is 1.94 bits per heavy atom. The van der Waals surface area contributed by atoms with E-state index >= 15 is 0 Å². The molecule has 3 aromatic rings. The van der Waals surface area contributed by atoms with Crippen molar-refractivity contribution in [3.63, 3.8) is 0 Å². The van der Waals surface area contributed by atoms with Crippen LogP contribution in [0.4, 0.5) is 5.13 Å². The van der Waals surface area contributed by atoms with Crippen LogP contribution in [0.5, 0.6) is 5.75 Å². The summed E-state index contributed by atoms with van der Waals surface area (Å²) in [6.07, 6.45) is 0.919. The maximum Gasteiger partial charge on any atom is 0.252 e. The summed E-state index contributed by atoms with van der Waals surface area (Å²) in [5.74, 6) is 0.413. The van der Waals surface area contributed by atoms with Crippen LogP contribution in [0.3, 0.4) is 0 Å². The number of hydrogen-bond donors (Lipinski definition) is 1. The standard InChI is InChI=1S/C21H22ClN3O4S3/c1-2-29-16-5-3-14(4-6-16)17-13-30-21(23-17)24-20(26)15-9-11-25(12-10-15)32(27,28)19-8-7-18(22)31-19/h3-8,13,15H,2,9-12H2,1H3,(H,23,24,26). The molecule has 1 aromatic carbocycles. The van der Waals surface area contributed by atoms with Crippen LogP contribution in [0, 0.1) is 5.92 Å². The summed E-state index contributed by atoms with van der Waals surface area (Å²) >= 11 is 8.29. The van der Waals surface area contributed by atoms with Crippen LogP contribution in [0.2, 0.25) is 4.34 Å². The Morgan fingerprint density at radius 3 is 2.56 bits per heavy atom. The van der Waals surface area contributed by atoms with Gasteiger partial charge < -0.3 is 10.1 Å². The van der Waals surface area contributed by atoms with E-state index in [2.05, 4.69) is 10.3 Å². The average Bonchev–Trinajstić information content (AvgIpc) is 3.44. The number of ether oxygens (including phenoxy) is 1. The normalized spacial score (nSPS) is 15.6. The largest absolute Gasteiger partial charge is 0.494 e. The van der Waals surface area contributed by atoms with Crippen LogP contribution in [0.1, 0.15) is 19.8 Å². The Hall–Kier alpha value is -1.98. The highest BCUT2D eigenvalue weighted by molar-refractivity contribution is 7.91. The fraction of sp³-hybridized carbons (Fsp3) is 0.333. The van der Waals surface area contributed by atoms with Crippen LogP contribution < -0.4 is 10.1 Å². The number of halogens is 1. The third-order valence-corrected chi connectivity index (χ3v) is 9.52. The first-order chi connectivity index (χ1) is 15.4. The van der Waals surface area contributed by atoms with Gasteiger partial charge >= 0.3 is 0 Å². The average molecular weight is 512 g/mol. The molecular weight excluding hydrogens is 490 g/mol. The van der Waals surface area contributed by atoms with E-state index in [4.69, 9.17) is 16.3 Å². The van der Waals surface area contributed by atoms with Crippen LogP contribution >= 0.6 is 34.3 Å². The third kappa shape index (κ3) is 5.15. The molecule has 4 rings (SSSR count). The van der Waals surface area contributed by atoms with E-state index in [0.717, 1.165) is 28.3 Å². The molecular formula is C21H22ClN3O4S3. The number of benzene rings is 1. The number of anilines is 1. The van der Waals surface area contributed by atoms with Gasteiger partial charge in [0.1, 0.15) is 9.96 Å². The zero-order valence-corrected chi connectivity index (χ0v) is 20.5. The van der Waals surface area contributed by atoms with Gasteiger partial charge in [-0.2, -0.15) is 4.31 Å². The summed E-state index contributed by atoms with van der Waals surface area (Å²) in [5.41, 5.74) is 1.72. The second kappa shape index (κ2) is 9.88. The molecule has 3 heterocycles. The van der Waals surface area contributed by atoms with Gasteiger partial charge in [-0.3, -0.25) is 4.79 Å². The summed E-state index contributed by atoms with van der Waals surface area (Å²) in [5, 5.41) is 5.31. The fourth-order valence-electron chi connectivity index (χ4n) is 3.48. The van der Waals surface area contributed by atoms with Crippen LogP contribution in [-0.2, 0) is 14.8 Å². The van der Waals surface area contributed by atoms with Gasteiger partial charge in [0, 0.05) is 30.0 Å². The van der Waals surface area contributed by atoms with Gasteiger partial charge in [0.15, 0.2) is 5.13 Å². The molecule has 2 aromatic heterocycles. The number of thiazole rings is 1. The molecule has 0 aliphatic carbocycles. The number of piperidine rings is 1. The van der Waals surface area contributed by atoms with Gasteiger partial charge in [-0.25, -0.2) is 13.4 Å². The van der Waals surface area contributed by atoms with Crippen LogP contribution in [0.15, 0.2) is 46.0 Å². The van der Waals surface area contributed by atoms with Crippen molar-refractivity contribution in [1.29, 1.82) is 0 Å². The second-order valence-corrected chi connectivity index (χ2v) is 12.0. The molecule has 32 heavy (non-hydrogen) atoms. The molecule has 1 aliphatic heterocycles. The summed E-state index contributed by atoms with van der Waals surface area (Å²) in [6.45, 7) is 3.14. The number of carbonyl (C=O) groups excluding carboxylic acids is 1. The van der Waals surface area contributed by atoms with E-state index < -0.39 is 10.0 Å². The van der Waals surface area contributed by atoms with Crippen LogP contribution in [0.25, 0.3) is 11.3 Å². The van der Waals surface area contributed by atoms with Crippen molar-refractivity contribution in [2.45, 2.75) is 24.0 Å². The van der Waals surface area contributed by atoms with Crippen molar-refractivity contribution < 1.29 is 17.9 Å². The molecule has 1 N–H and O–H groups in total. The Morgan fingerprint density at radius 1 is 1.22 bits per heavy atom. The first-order valence-corrected chi connectivity index (χ1v) is 13.6. The molecule has 1 fully saturated rings. The maximum atomic E-state index is 12.7. The highest BCUT2D eigenvalue weighted by atomic mass is 35.5. The smallest absolute Gasteiger partial charge is 0.252 e. The highest BCUT2D eigenvalue weighted by Gasteiger charge is 2.33. The molecule has 0 bridgehead atoms. The Bertz CT molecular complexity index is 1180. The summed E-state index contributed by atoms with van der Waals surface area (Å²) in [6, 6.07) is 10.7. The van der Waals surface area contributed by atoms with Crippen molar-refractivity contribution in [2.24, 2.45) is 5.92 Å². The number of carbonyl (C=O) groups is 1. The number of amides is 1. The number of aromatic nitrogens is 1. The lowest BCUT2D eigenvalue weighted by Crippen LogP contribution is -2.41. The van der Waals surface area contributed by atoms with Crippen molar-refractivity contribution in [3.8, 4) is 17.0 Å². The van der Waals surface area contributed by atoms with Gasteiger partial charge in [-0.15, -0.1) is 22.7 Å². The second-order valence-electron chi connectivity index (χ2n) is 7.22. The molecule has 1 saturated heterocycles. The lowest BCUT2D eigenvalue weighted by Gasteiger charge is -2.29. The number of nitrogens with one attached hydrogen (secondary N) is 1. The van der Waals surface area contributed by atoms with Gasteiger partial charge in [-0.05, 0) is 56.2 Å². The Balaban J connectivity index is 1.33. The first kappa shape index (κ1) is 23.2. The molecule has 7 nitrogen and oxygen atoms in total. The third-order valence-electron chi connectivity index (χ3n) is 5.16. The number of rotatable bonds is 7. The molecule has 1 amide bonds. The molecule has 11 heteroatoms. The van der Waals surface area contributed by atoms with Crippen molar-refractivity contribution in [2.75, 3.05) is 25.0 Å². The molecule has 0 atom stereocenters. The van der Waals surface area contributed by atoms with Crippen molar-refractivity contribution in [3.05, 3.63) is 46.1 Å². The van der Waals surface area contributed by atoms with E-state index in [1.54, 1.807) is 6.07 Å². The molecule has 1 aliphatic rings. The molecule has 170 valence electrons. The Labute approximate surface area is 200 Å². The number of hydrogen-bond acceptors (Lipinski definition) is 7. The minimum atomic E-state index is -3.57. The van der Waals surface area contributed by atoms with Crippen LogP contribution in [-0.4, -0.2) is 43.3 Å². The number of sulfonamides is 1. The van der Waals surface area contributed by atoms with Crippen molar-refractivity contribution >= 4 is 55.3 Å². The minimum absolute atomic E-state index is 0.131. The predicted octanol–water partition coefficient (Wildman–Crippen LogP) is 4.96. The first-order valence-electron chi connectivity index (χ1n) is 10.1. The molecule has 0 spiro atoms.